The molecule has 0 aliphatic heterocycles. The van der Waals surface area contributed by atoms with Crippen molar-refractivity contribution < 1.29 is 28.6 Å². The number of ether oxygens (including phenoxy) is 3. The van der Waals surface area contributed by atoms with E-state index >= 15 is 0 Å². The first-order valence-electron chi connectivity index (χ1n) is 29.5. The third kappa shape index (κ3) is 54.4. The van der Waals surface area contributed by atoms with E-state index in [9.17, 15) is 14.4 Å². The predicted molar refractivity (Wildman–Crippen MR) is 289 cm³/mol. The zero-order valence-corrected chi connectivity index (χ0v) is 44.9. The van der Waals surface area contributed by atoms with E-state index in [1.165, 1.54) is 212 Å². The van der Waals surface area contributed by atoms with Crippen molar-refractivity contribution in [3.05, 3.63) is 36.5 Å². The Morgan fingerprint density at radius 1 is 0.284 bits per heavy atom. The van der Waals surface area contributed by atoms with Gasteiger partial charge in [0.15, 0.2) is 6.10 Å². The first-order valence-corrected chi connectivity index (χ1v) is 29.5. The molecule has 0 rings (SSSR count). The maximum atomic E-state index is 12.9. The largest absolute Gasteiger partial charge is 0.462 e. The van der Waals surface area contributed by atoms with Gasteiger partial charge in [-0.15, -0.1) is 0 Å². The summed E-state index contributed by atoms with van der Waals surface area (Å²) in [6.45, 7) is 6.64. The molecule has 0 fully saturated rings. The molecular formula is C61H112O6. The van der Waals surface area contributed by atoms with Crippen molar-refractivity contribution in [3.8, 4) is 0 Å². The van der Waals surface area contributed by atoms with Crippen LogP contribution in [0.2, 0.25) is 0 Å². The van der Waals surface area contributed by atoms with Gasteiger partial charge in [0.1, 0.15) is 13.2 Å². The van der Waals surface area contributed by atoms with Gasteiger partial charge < -0.3 is 14.2 Å². The second-order valence-electron chi connectivity index (χ2n) is 19.9. The number of carbonyl (C=O) groups excluding carboxylic acids is 3. The van der Waals surface area contributed by atoms with Crippen LogP contribution >= 0.6 is 0 Å². The molecule has 1 atom stereocenters. The lowest BCUT2D eigenvalue weighted by Crippen LogP contribution is -2.30. The Labute approximate surface area is 416 Å². The van der Waals surface area contributed by atoms with E-state index in [-0.39, 0.29) is 31.1 Å². The van der Waals surface area contributed by atoms with Crippen molar-refractivity contribution in [2.45, 2.75) is 322 Å². The van der Waals surface area contributed by atoms with Crippen LogP contribution < -0.4 is 0 Å². The molecule has 67 heavy (non-hydrogen) atoms. The molecule has 0 saturated carbocycles. The van der Waals surface area contributed by atoms with Gasteiger partial charge in [-0.05, 0) is 96.3 Å². The zero-order valence-electron chi connectivity index (χ0n) is 44.9. The number of carbonyl (C=O) groups is 3. The smallest absolute Gasteiger partial charge is 0.306 e. The highest BCUT2D eigenvalue weighted by molar-refractivity contribution is 5.71. The molecule has 392 valence electrons. The van der Waals surface area contributed by atoms with Gasteiger partial charge in [0.05, 0.1) is 0 Å². The van der Waals surface area contributed by atoms with Crippen LogP contribution in [-0.4, -0.2) is 37.2 Å². The highest BCUT2D eigenvalue weighted by atomic mass is 16.6. The Hall–Kier alpha value is -2.37. The van der Waals surface area contributed by atoms with Crippen LogP contribution in [0.25, 0.3) is 0 Å². The molecule has 0 saturated heterocycles. The Kier molecular flexibility index (Phi) is 54.2. The van der Waals surface area contributed by atoms with Crippen LogP contribution in [0.5, 0.6) is 0 Å². The number of rotatable bonds is 54. The van der Waals surface area contributed by atoms with Gasteiger partial charge in [-0.1, -0.05) is 237 Å². The molecule has 0 aromatic heterocycles. The van der Waals surface area contributed by atoms with Crippen molar-refractivity contribution in [2.75, 3.05) is 13.2 Å². The number of hydrogen-bond donors (Lipinski definition) is 0. The predicted octanol–water partition coefficient (Wildman–Crippen LogP) is 19.7. The summed E-state index contributed by atoms with van der Waals surface area (Å²) in [6, 6.07) is 0. The molecule has 6 heteroatoms. The van der Waals surface area contributed by atoms with Gasteiger partial charge in [0.25, 0.3) is 0 Å². The second-order valence-corrected chi connectivity index (χ2v) is 19.9. The minimum absolute atomic E-state index is 0.0765. The summed E-state index contributed by atoms with van der Waals surface area (Å²) in [5, 5.41) is 0. The van der Waals surface area contributed by atoms with Gasteiger partial charge in [0.2, 0.25) is 0 Å². The van der Waals surface area contributed by atoms with Crippen LogP contribution in [0.4, 0.5) is 0 Å². The summed E-state index contributed by atoms with van der Waals surface area (Å²) < 4.78 is 16.9. The van der Waals surface area contributed by atoms with Crippen LogP contribution in [-0.2, 0) is 28.6 Å². The summed E-state index contributed by atoms with van der Waals surface area (Å²) in [5.41, 5.74) is 0. The van der Waals surface area contributed by atoms with Crippen molar-refractivity contribution in [2.24, 2.45) is 0 Å². The van der Waals surface area contributed by atoms with E-state index in [2.05, 4.69) is 57.2 Å². The Balaban J connectivity index is 4.35. The summed E-state index contributed by atoms with van der Waals surface area (Å²) >= 11 is 0. The Morgan fingerprint density at radius 2 is 0.493 bits per heavy atom. The van der Waals surface area contributed by atoms with Gasteiger partial charge in [-0.2, -0.15) is 0 Å². The molecule has 0 amide bonds. The normalized spacial score (nSPS) is 12.2. The summed E-state index contributed by atoms with van der Waals surface area (Å²) in [5.74, 6) is -0.878. The highest BCUT2D eigenvalue weighted by Gasteiger charge is 2.19. The Morgan fingerprint density at radius 3 is 0.761 bits per heavy atom. The van der Waals surface area contributed by atoms with Gasteiger partial charge in [-0.25, -0.2) is 0 Å². The fourth-order valence-corrected chi connectivity index (χ4v) is 8.60. The molecule has 0 heterocycles. The van der Waals surface area contributed by atoms with Crippen molar-refractivity contribution >= 4 is 17.9 Å². The molecule has 0 radical (unpaired) electrons. The SMILES string of the molecule is CCCCCC/C=C\CCCCCCCC(=O)OCC(COC(=O)CCCCCCCCC/C=C\CCCCCCCCC)OC(=O)CCCCCCCCC/C=C\CCCCCCCCC. The van der Waals surface area contributed by atoms with Crippen molar-refractivity contribution in [1.29, 1.82) is 0 Å². The molecule has 0 aliphatic carbocycles. The van der Waals surface area contributed by atoms with Crippen molar-refractivity contribution in [3.63, 3.8) is 0 Å². The summed E-state index contributed by atoms with van der Waals surface area (Å²) in [7, 11) is 0. The minimum atomic E-state index is -0.778. The molecule has 6 nitrogen and oxygen atoms in total. The number of unbranched alkanes of at least 4 members (excludes halogenated alkanes) is 37. The monoisotopic (exact) mass is 941 g/mol. The van der Waals surface area contributed by atoms with Gasteiger partial charge in [-0.3, -0.25) is 14.4 Å². The van der Waals surface area contributed by atoms with E-state index in [1.54, 1.807) is 0 Å². The molecular weight excluding hydrogens is 829 g/mol. The van der Waals surface area contributed by atoms with Gasteiger partial charge in [0, 0.05) is 19.3 Å². The lowest BCUT2D eigenvalue weighted by atomic mass is 10.1. The standard InChI is InChI=1S/C61H112O6/c1-4-7-10-13-16-19-22-25-27-29-31-33-36-39-42-45-48-51-54-60(63)66-57-58(56-65-59(62)53-50-47-44-41-38-35-24-21-18-15-12-9-6-3)67-61(64)55-52-49-46-43-40-37-34-32-30-28-26-23-20-17-14-11-8-5-2/h21,24,27-30,58H,4-20,22-23,25-26,31-57H2,1-3H3/b24-21-,29-27-,30-28-. The maximum Gasteiger partial charge on any atom is 0.306 e. The highest BCUT2D eigenvalue weighted by Crippen LogP contribution is 2.16. The molecule has 0 spiro atoms. The fraction of sp³-hybridized carbons (Fsp3) is 0.852. The molecule has 1 unspecified atom stereocenters. The number of hydrogen-bond acceptors (Lipinski definition) is 6. The minimum Gasteiger partial charge on any atom is -0.462 e. The average molecular weight is 942 g/mol. The topological polar surface area (TPSA) is 78.9 Å². The third-order valence-corrected chi connectivity index (χ3v) is 13.1. The molecule has 0 N–H and O–H groups in total. The lowest BCUT2D eigenvalue weighted by molar-refractivity contribution is -0.167. The van der Waals surface area contributed by atoms with E-state index < -0.39 is 6.10 Å². The van der Waals surface area contributed by atoms with Crippen LogP contribution in [0.3, 0.4) is 0 Å². The Bertz CT molecular complexity index is 1130. The van der Waals surface area contributed by atoms with Gasteiger partial charge >= 0.3 is 17.9 Å². The third-order valence-electron chi connectivity index (χ3n) is 13.1. The number of allylic oxidation sites excluding steroid dienone is 6. The van der Waals surface area contributed by atoms with Crippen LogP contribution in [0, 0.1) is 0 Å². The molecule has 0 aromatic rings. The fourth-order valence-electron chi connectivity index (χ4n) is 8.60. The maximum absolute atomic E-state index is 12.9. The van der Waals surface area contributed by atoms with E-state index in [4.69, 9.17) is 14.2 Å². The molecule has 0 aliphatic rings. The number of esters is 3. The van der Waals surface area contributed by atoms with E-state index in [1.807, 2.05) is 0 Å². The van der Waals surface area contributed by atoms with Crippen molar-refractivity contribution in [1.82, 2.24) is 0 Å². The van der Waals surface area contributed by atoms with Crippen LogP contribution in [0.15, 0.2) is 36.5 Å². The lowest BCUT2D eigenvalue weighted by Gasteiger charge is -2.18. The first kappa shape index (κ1) is 64.6. The van der Waals surface area contributed by atoms with E-state index in [0.29, 0.717) is 19.3 Å². The quantitative estimate of drug-likeness (QED) is 0.0262. The summed E-state index contributed by atoms with van der Waals surface area (Å²) in [4.78, 5) is 38.2. The summed E-state index contributed by atoms with van der Waals surface area (Å²) in [6.07, 6.45) is 67.0. The van der Waals surface area contributed by atoms with Crippen LogP contribution in [0.1, 0.15) is 316 Å². The van der Waals surface area contributed by atoms with E-state index in [0.717, 1.165) is 64.2 Å². The zero-order chi connectivity index (χ0) is 48.6. The molecule has 0 aromatic carbocycles. The first-order chi connectivity index (χ1) is 33.0. The average Bonchev–Trinajstić information content (AvgIpc) is 3.33. The molecule has 0 bridgehead atoms. The second kappa shape index (κ2) is 56.2.